The van der Waals surface area contributed by atoms with Crippen molar-refractivity contribution in [3.8, 4) is 5.75 Å². The first-order chi connectivity index (χ1) is 14.9. The molecule has 3 amide bonds. The van der Waals surface area contributed by atoms with E-state index in [1.807, 2.05) is 42.5 Å². The fraction of sp³-hybridized carbons (Fsp3) is 0.208. The Morgan fingerprint density at radius 2 is 1.77 bits per heavy atom. The van der Waals surface area contributed by atoms with Gasteiger partial charge in [0.05, 0.1) is 7.11 Å². The molecule has 1 fully saturated rings. The number of nitrogens with one attached hydrogen (secondary N) is 1. The number of hydrogen-bond donors (Lipinski definition) is 1. The highest BCUT2D eigenvalue weighted by molar-refractivity contribution is 6.09. The van der Waals surface area contributed by atoms with Crippen LogP contribution in [0, 0.1) is 0 Å². The maximum Gasteiger partial charge on any atom is 0.326 e. The molecule has 1 N–H and O–H groups in total. The van der Waals surface area contributed by atoms with E-state index in [4.69, 9.17) is 9.47 Å². The molecule has 0 radical (unpaired) electrons. The smallest absolute Gasteiger partial charge is 0.326 e. The average molecular weight is 418 g/mol. The average Bonchev–Trinajstić information content (AvgIpc) is 3.01. The van der Waals surface area contributed by atoms with Gasteiger partial charge in [0, 0.05) is 0 Å². The summed E-state index contributed by atoms with van der Waals surface area (Å²) in [6.07, 6.45) is 0. The molecule has 0 spiro atoms. The van der Waals surface area contributed by atoms with Crippen molar-refractivity contribution in [3.05, 3.63) is 77.9 Å². The maximum absolute atomic E-state index is 13.1. The molecule has 1 saturated heterocycles. The quantitative estimate of drug-likeness (QED) is 0.490. The molecule has 0 saturated carbocycles. The topological polar surface area (TPSA) is 84.9 Å². The summed E-state index contributed by atoms with van der Waals surface area (Å²) >= 11 is 0. The van der Waals surface area contributed by atoms with Gasteiger partial charge in [0.25, 0.3) is 5.91 Å². The van der Waals surface area contributed by atoms with Crippen LogP contribution in [0.15, 0.2) is 66.7 Å². The molecule has 3 aromatic rings. The number of hydrogen-bond acceptors (Lipinski definition) is 5. The molecule has 4 rings (SSSR count). The third-order valence-electron chi connectivity index (χ3n) is 5.42. The summed E-state index contributed by atoms with van der Waals surface area (Å²) in [6, 6.07) is 19.8. The van der Waals surface area contributed by atoms with Crippen LogP contribution in [-0.2, 0) is 26.5 Å². The largest absolute Gasteiger partial charge is 0.497 e. The first-order valence-corrected chi connectivity index (χ1v) is 9.82. The molecule has 0 aromatic heterocycles. The van der Waals surface area contributed by atoms with Crippen LogP contribution in [0.1, 0.15) is 18.1 Å². The summed E-state index contributed by atoms with van der Waals surface area (Å²) in [7, 11) is 1.55. The zero-order chi connectivity index (χ0) is 22.0. The van der Waals surface area contributed by atoms with Crippen LogP contribution >= 0.6 is 0 Å². The number of carbonyl (C=O) groups is 3. The standard InChI is InChI=1S/C24H22N2O5/c1-24(19-11-10-17-7-3-4-8-18(17)13-19)22(28)26(23(29)25-24)14-21(27)31-15-16-6-5-9-20(12-16)30-2/h3-13H,14-15H2,1-2H3,(H,25,29). The van der Waals surface area contributed by atoms with Gasteiger partial charge in [-0.15, -0.1) is 0 Å². The number of fused-ring (bicyclic) bond motifs is 1. The molecule has 7 nitrogen and oxygen atoms in total. The van der Waals surface area contributed by atoms with Crippen molar-refractivity contribution in [1.29, 1.82) is 0 Å². The van der Waals surface area contributed by atoms with Crippen molar-refractivity contribution >= 4 is 28.7 Å². The molecule has 31 heavy (non-hydrogen) atoms. The predicted octanol–water partition coefficient (Wildman–Crippen LogP) is 3.36. The highest BCUT2D eigenvalue weighted by Crippen LogP contribution is 2.31. The fourth-order valence-corrected chi connectivity index (χ4v) is 3.64. The zero-order valence-corrected chi connectivity index (χ0v) is 17.3. The van der Waals surface area contributed by atoms with Crippen molar-refractivity contribution in [2.45, 2.75) is 19.1 Å². The lowest BCUT2D eigenvalue weighted by Crippen LogP contribution is -2.41. The Morgan fingerprint density at radius 3 is 2.55 bits per heavy atom. The van der Waals surface area contributed by atoms with Crippen LogP contribution < -0.4 is 10.1 Å². The SMILES string of the molecule is COc1cccc(COC(=O)CN2C(=O)NC(C)(c3ccc4ccccc4c3)C2=O)c1. The Balaban J connectivity index is 1.46. The number of nitrogens with zero attached hydrogens (tertiary/aromatic N) is 1. The summed E-state index contributed by atoms with van der Waals surface area (Å²) in [5, 5.41) is 4.71. The minimum Gasteiger partial charge on any atom is -0.497 e. The van der Waals surface area contributed by atoms with E-state index in [0.29, 0.717) is 11.3 Å². The second kappa shape index (κ2) is 8.10. The number of carbonyl (C=O) groups excluding carboxylic acids is 3. The number of benzene rings is 3. The summed E-state index contributed by atoms with van der Waals surface area (Å²) in [6.45, 7) is 1.19. The van der Waals surface area contributed by atoms with Crippen molar-refractivity contribution < 1.29 is 23.9 Å². The van der Waals surface area contributed by atoms with Gasteiger partial charge in [-0.25, -0.2) is 4.79 Å². The van der Waals surface area contributed by atoms with Crippen LogP contribution in [0.3, 0.4) is 0 Å². The second-order valence-corrected chi connectivity index (χ2v) is 7.52. The van der Waals surface area contributed by atoms with Gasteiger partial charge in [0.2, 0.25) is 0 Å². The first-order valence-electron chi connectivity index (χ1n) is 9.82. The number of methoxy groups -OCH3 is 1. The van der Waals surface area contributed by atoms with Crippen molar-refractivity contribution in [2.75, 3.05) is 13.7 Å². The Bertz CT molecular complexity index is 1180. The van der Waals surface area contributed by atoms with E-state index in [0.717, 1.165) is 21.2 Å². The molecule has 1 heterocycles. The maximum atomic E-state index is 13.1. The number of imide groups is 1. The molecule has 1 aliphatic rings. The number of esters is 1. The van der Waals surface area contributed by atoms with Gasteiger partial charge in [0.1, 0.15) is 24.4 Å². The Morgan fingerprint density at radius 1 is 1.00 bits per heavy atom. The summed E-state index contributed by atoms with van der Waals surface area (Å²) in [5.74, 6) is -0.519. The van der Waals surface area contributed by atoms with Gasteiger partial charge in [-0.3, -0.25) is 14.5 Å². The van der Waals surface area contributed by atoms with E-state index in [1.54, 1.807) is 38.3 Å². The van der Waals surface area contributed by atoms with E-state index in [1.165, 1.54) is 0 Å². The number of ether oxygens (including phenoxy) is 2. The van der Waals surface area contributed by atoms with Crippen molar-refractivity contribution in [1.82, 2.24) is 10.2 Å². The highest BCUT2D eigenvalue weighted by atomic mass is 16.5. The number of urea groups is 1. The van der Waals surface area contributed by atoms with Gasteiger partial charge < -0.3 is 14.8 Å². The van der Waals surface area contributed by atoms with Crippen LogP contribution in [0.4, 0.5) is 4.79 Å². The minimum atomic E-state index is -1.26. The predicted molar refractivity (Wildman–Crippen MR) is 114 cm³/mol. The normalized spacial score (nSPS) is 18.2. The lowest BCUT2D eigenvalue weighted by molar-refractivity contribution is -0.148. The Hall–Kier alpha value is -3.87. The summed E-state index contributed by atoms with van der Waals surface area (Å²) < 4.78 is 10.4. The van der Waals surface area contributed by atoms with E-state index >= 15 is 0 Å². The Kier molecular flexibility index (Phi) is 5.33. The molecule has 0 aliphatic carbocycles. The van der Waals surface area contributed by atoms with Crippen LogP contribution in [0.2, 0.25) is 0 Å². The fourth-order valence-electron chi connectivity index (χ4n) is 3.64. The lowest BCUT2D eigenvalue weighted by Gasteiger charge is -2.22. The minimum absolute atomic E-state index is 0.0155. The molecule has 1 unspecified atom stereocenters. The summed E-state index contributed by atoms with van der Waals surface area (Å²) in [4.78, 5) is 38.8. The third-order valence-corrected chi connectivity index (χ3v) is 5.42. The molecule has 7 heteroatoms. The number of rotatable bonds is 6. The molecule has 1 atom stereocenters. The van der Waals surface area contributed by atoms with E-state index in [2.05, 4.69) is 5.32 Å². The molecule has 1 aliphatic heterocycles. The number of amides is 3. The van der Waals surface area contributed by atoms with Gasteiger partial charge in [-0.2, -0.15) is 0 Å². The second-order valence-electron chi connectivity index (χ2n) is 7.52. The molecular weight excluding hydrogens is 396 g/mol. The highest BCUT2D eigenvalue weighted by Gasteiger charge is 2.49. The van der Waals surface area contributed by atoms with Crippen molar-refractivity contribution in [2.24, 2.45) is 0 Å². The first kappa shape index (κ1) is 20.4. The van der Waals surface area contributed by atoms with Crippen molar-refractivity contribution in [3.63, 3.8) is 0 Å². The third kappa shape index (κ3) is 3.94. The lowest BCUT2D eigenvalue weighted by atomic mass is 9.90. The van der Waals surface area contributed by atoms with Crippen LogP contribution in [0.5, 0.6) is 5.75 Å². The van der Waals surface area contributed by atoms with Crippen LogP contribution in [-0.4, -0.2) is 36.5 Å². The zero-order valence-electron chi connectivity index (χ0n) is 17.3. The van der Waals surface area contributed by atoms with Gasteiger partial charge in [-0.1, -0.05) is 48.5 Å². The van der Waals surface area contributed by atoms with Gasteiger partial charge in [0.15, 0.2) is 0 Å². The van der Waals surface area contributed by atoms with E-state index < -0.39 is 30.0 Å². The van der Waals surface area contributed by atoms with E-state index in [-0.39, 0.29) is 6.61 Å². The van der Waals surface area contributed by atoms with Crippen LogP contribution in [0.25, 0.3) is 10.8 Å². The van der Waals surface area contributed by atoms with Gasteiger partial charge >= 0.3 is 12.0 Å². The molecule has 0 bridgehead atoms. The summed E-state index contributed by atoms with van der Waals surface area (Å²) in [5.41, 5.74) is 0.136. The van der Waals surface area contributed by atoms with Gasteiger partial charge in [-0.05, 0) is 47.0 Å². The van der Waals surface area contributed by atoms with E-state index in [9.17, 15) is 14.4 Å². The molecule has 158 valence electrons. The Labute approximate surface area is 179 Å². The molecular formula is C24H22N2O5. The monoisotopic (exact) mass is 418 g/mol. The molecule has 3 aromatic carbocycles.